The third-order valence-electron chi connectivity index (χ3n) is 4.17. The molecular formula is C17H21N3OS. The van der Waals surface area contributed by atoms with Crippen LogP contribution in [0.15, 0.2) is 29.6 Å². The first-order chi connectivity index (χ1) is 10.6. The Kier molecular flexibility index (Phi) is 4.55. The van der Waals surface area contributed by atoms with Crippen molar-refractivity contribution in [3.05, 3.63) is 52.0 Å². The number of nitrogens with zero attached hydrogens (tertiary/aromatic N) is 3. The number of aromatic nitrogens is 1. The summed E-state index contributed by atoms with van der Waals surface area (Å²) in [6.07, 6.45) is 0. The van der Waals surface area contributed by atoms with E-state index in [0.717, 1.165) is 44.0 Å². The van der Waals surface area contributed by atoms with Crippen molar-refractivity contribution in [3.63, 3.8) is 0 Å². The molecule has 3 rings (SSSR count). The molecule has 116 valence electrons. The first-order valence-electron chi connectivity index (χ1n) is 7.61. The molecule has 1 saturated heterocycles. The lowest BCUT2D eigenvalue weighted by atomic mass is 10.1. The second-order valence-electron chi connectivity index (χ2n) is 5.87. The first-order valence-corrected chi connectivity index (χ1v) is 8.45. The molecule has 1 fully saturated rings. The molecule has 1 amide bonds. The molecule has 4 nitrogen and oxygen atoms in total. The molecule has 1 aliphatic heterocycles. The van der Waals surface area contributed by atoms with E-state index in [4.69, 9.17) is 0 Å². The van der Waals surface area contributed by atoms with Crippen molar-refractivity contribution >= 4 is 17.4 Å². The molecule has 1 aromatic heterocycles. The second kappa shape index (κ2) is 6.58. The van der Waals surface area contributed by atoms with Crippen LogP contribution in [0.3, 0.4) is 0 Å². The third-order valence-corrected chi connectivity index (χ3v) is 4.89. The standard InChI is InChI=1S/C17H21N3OS/c1-13-3-5-15(6-4-13)11-19-7-9-20(10-8-19)17(21)16-12-22-18-14(16)2/h3-6,12H,7-11H2,1-2H3. The van der Waals surface area contributed by atoms with Gasteiger partial charge < -0.3 is 4.90 Å². The van der Waals surface area contributed by atoms with Gasteiger partial charge in [-0.15, -0.1) is 0 Å². The number of piperazine rings is 1. The number of rotatable bonds is 3. The summed E-state index contributed by atoms with van der Waals surface area (Å²) in [5.41, 5.74) is 4.23. The lowest BCUT2D eigenvalue weighted by molar-refractivity contribution is 0.0628. The molecule has 0 bridgehead atoms. The highest BCUT2D eigenvalue weighted by Gasteiger charge is 2.23. The Hall–Kier alpha value is -1.72. The zero-order valence-corrected chi connectivity index (χ0v) is 13.9. The second-order valence-corrected chi connectivity index (χ2v) is 6.50. The van der Waals surface area contributed by atoms with Crippen molar-refractivity contribution in [2.24, 2.45) is 0 Å². The molecular weight excluding hydrogens is 294 g/mol. The summed E-state index contributed by atoms with van der Waals surface area (Å²) >= 11 is 1.35. The Labute approximate surface area is 135 Å². The van der Waals surface area contributed by atoms with Gasteiger partial charge in [0.05, 0.1) is 11.3 Å². The van der Waals surface area contributed by atoms with E-state index in [-0.39, 0.29) is 5.91 Å². The molecule has 5 heteroatoms. The maximum absolute atomic E-state index is 12.5. The van der Waals surface area contributed by atoms with E-state index in [2.05, 4.69) is 40.5 Å². The van der Waals surface area contributed by atoms with Crippen LogP contribution < -0.4 is 0 Å². The van der Waals surface area contributed by atoms with Crippen molar-refractivity contribution in [1.29, 1.82) is 0 Å². The molecule has 2 aromatic rings. The van der Waals surface area contributed by atoms with Gasteiger partial charge in [-0.05, 0) is 30.9 Å². The number of benzene rings is 1. The predicted molar refractivity (Wildman–Crippen MR) is 89.2 cm³/mol. The minimum Gasteiger partial charge on any atom is -0.336 e. The Morgan fingerprint density at radius 3 is 2.41 bits per heavy atom. The number of carbonyl (C=O) groups is 1. The normalized spacial score (nSPS) is 16.0. The van der Waals surface area contributed by atoms with Gasteiger partial charge in [-0.3, -0.25) is 9.69 Å². The van der Waals surface area contributed by atoms with Crippen molar-refractivity contribution in [2.75, 3.05) is 26.2 Å². The highest BCUT2D eigenvalue weighted by atomic mass is 32.1. The number of amides is 1. The number of aryl methyl sites for hydroxylation is 2. The van der Waals surface area contributed by atoms with Gasteiger partial charge in [0.15, 0.2) is 0 Å². The third kappa shape index (κ3) is 3.36. The highest BCUT2D eigenvalue weighted by Crippen LogP contribution is 2.15. The highest BCUT2D eigenvalue weighted by molar-refractivity contribution is 7.03. The molecule has 0 spiro atoms. The Morgan fingerprint density at radius 2 is 1.82 bits per heavy atom. The largest absolute Gasteiger partial charge is 0.336 e. The van der Waals surface area contributed by atoms with E-state index >= 15 is 0 Å². The molecule has 0 N–H and O–H groups in total. The van der Waals surface area contributed by atoms with Crippen LogP contribution in [0.1, 0.15) is 27.2 Å². The van der Waals surface area contributed by atoms with Crippen molar-refractivity contribution in [2.45, 2.75) is 20.4 Å². The van der Waals surface area contributed by atoms with Crippen LogP contribution in [0.25, 0.3) is 0 Å². The van der Waals surface area contributed by atoms with Gasteiger partial charge >= 0.3 is 0 Å². The number of hydrogen-bond donors (Lipinski definition) is 0. The predicted octanol–water partition coefficient (Wildman–Crippen LogP) is 2.72. The summed E-state index contributed by atoms with van der Waals surface area (Å²) in [4.78, 5) is 16.8. The van der Waals surface area contributed by atoms with Crippen LogP contribution in [-0.2, 0) is 6.54 Å². The lowest BCUT2D eigenvalue weighted by Crippen LogP contribution is -2.48. The molecule has 1 aromatic carbocycles. The van der Waals surface area contributed by atoms with E-state index in [9.17, 15) is 4.79 Å². The van der Waals surface area contributed by atoms with Crippen LogP contribution in [0.5, 0.6) is 0 Å². The fraction of sp³-hybridized carbons (Fsp3) is 0.412. The quantitative estimate of drug-likeness (QED) is 0.874. The Balaban J connectivity index is 1.55. The molecule has 0 saturated carbocycles. The van der Waals surface area contributed by atoms with Gasteiger partial charge in [-0.2, -0.15) is 4.37 Å². The SMILES string of the molecule is Cc1ccc(CN2CCN(C(=O)c3csnc3C)CC2)cc1. The van der Waals surface area contributed by atoms with E-state index in [0.29, 0.717) is 0 Å². The monoisotopic (exact) mass is 315 g/mol. The maximum Gasteiger partial charge on any atom is 0.256 e. The van der Waals surface area contributed by atoms with Crippen molar-refractivity contribution in [1.82, 2.24) is 14.2 Å². The van der Waals surface area contributed by atoms with Gasteiger partial charge in [0.2, 0.25) is 0 Å². The van der Waals surface area contributed by atoms with Crippen LogP contribution in [-0.4, -0.2) is 46.3 Å². The molecule has 0 aliphatic carbocycles. The van der Waals surface area contributed by atoms with Gasteiger partial charge in [0.1, 0.15) is 0 Å². The zero-order chi connectivity index (χ0) is 15.5. The summed E-state index contributed by atoms with van der Waals surface area (Å²) in [6.45, 7) is 8.40. The van der Waals surface area contributed by atoms with E-state index < -0.39 is 0 Å². The van der Waals surface area contributed by atoms with Crippen molar-refractivity contribution in [3.8, 4) is 0 Å². The smallest absolute Gasteiger partial charge is 0.256 e. The molecule has 0 radical (unpaired) electrons. The molecule has 22 heavy (non-hydrogen) atoms. The summed E-state index contributed by atoms with van der Waals surface area (Å²) in [5.74, 6) is 0.126. The van der Waals surface area contributed by atoms with Gasteiger partial charge in [-0.1, -0.05) is 29.8 Å². The first kappa shape index (κ1) is 15.2. The Morgan fingerprint density at radius 1 is 1.14 bits per heavy atom. The molecule has 0 atom stereocenters. The summed E-state index contributed by atoms with van der Waals surface area (Å²) < 4.78 is 4.19. The van der Waals surface area contributed by atoms with E-state index in [1.54, 1.807) is 0 Å². The topological polar surface area (TPSA) is 36.4 Å². The summed E-state index contributed by atoms with van der Waals surface area (Å²) in [6, 6.07) is 8.68. The minimum atomic E-state index is 0.126. The van der Waals surface area contributed by atoms with Crippen LogP contribution >= 0.6 is 11.5 Å². The fourth-order valence-corrected chi connectivity index (χ4v) is 3.41. The Bertz CT molecular complexity index is 642. The number of carbonyl (C=O) groups excluding carboxylic acids is 1. The maximum atomic E-state index is 12.5. The summed E-state index contributed by atoms with van der Waals surface area (Å²) in [5, 5.41) is 1.86. The van der Waals surface area contributed by atoms with Gasteiger partial charge in [0, 0.05) is 38.1 Å². The zero-order valence-electron chi connectivity index (χ0n) is 13.1. The van der Waals surface area contributed by atoms with Crippen molar-refractivity contribution < 1.29 is 4.79 Å². The minimum absolute atomic E-state index is 0.126. The van der Waals surface area contributed by atoms with Crippen LogP contribution in [0.4, 0.5) is 0 Å². The molecule has 0 unspecified atom stereocenters. The van der Waals surface area contributed by atoms with Gasteiger partial charge in [-0.25, -0.2) is 0 Å². The van der Waals surface area contributed by atoms with Gasteiger partial charge in [0.25, 0.3) is 5.91 Å². The average Bonchev–Trinajstić information content (AvgIpc) is 2.96. The van der Waals surface area contributed by atoms with E-state index in [1.165, 1.54) is 22.7 Å². The molecule has 2 heterocycles. The lowest BCUT2D eigenvalue weighted by Gasteiger charge is -2.34. The summed E-state index contributed by atoms with van der Waals surface area (Å²) in [7, 11) is 0. The van der Waals surface area contributed by atoms with E-state index in [1.807, 2.05) is 17.2 Å². The molecule has 1 aliphatic rings. The average molecular weight is 315 g/mol. The van der Waals surface area contributed by atoms with Crippen LogP contribution in [0.2, 0.25) is 0 Å². The van der Waals surface area contributed by atoms with Crippen LogP contribution in [0, 0.1) is 13.8 Å². The number of hydrogen-bond acceptors (Lipinski definition) is 4. The fourth-order valence-electron chi connectivity index (χ4n) is 2.73.